The lowest BCUT2D eigenvalue weighted by molar-refractivity contribution is -0.137. The number of carbonyl (C=O) groups excluding carboxylic acids is 1. The van der Waals surface area contributed by atoms with Crippen LogP contribution in [0.4, 0.5) is 24.5 Å². The van der Waals surface area contributed by atoms with E-state index in [-0.39, 0.29) is 17.0 Å². The SMILES string of the molecule is C[C@@H](Oc1ccccc1C#N)C(=O)Nc1cc(C(F)(F)F)ccc1N1CCOCC1. The Labute approximate surface area is 171 Å². The highest BCUT2D eigenvalue weighted by atomic mass is 19.4. The largest absolute Gasteiger partial charge is 0.480 e. The molecule has 0 unspecified atom stereocenters. The van der Waals surface area contributed by atoms with Crippen LogP contribution in [0.3, 0.4) is 0 Å². The number of alkyl halides is 3. The van der Waals surface area contributed by atoms with E-state index >= 15 is 0 Å². The molecule has 0 aliphatic carbocycles. The fraction of sp³-hybridized carbons (Fsp3) is 0.333. The summed E-state index contributed by atoms with van der Waals surface area (Å²) in [6.45, 7) is 3.34. The molecule has 1 heterocycles. The molecule has 1 atom stereocenters. The summed E-state index contributed by atoms with van der Waals surface area (Å²) in [6.07, 6.45) is -5.58. The van der Waals surface area contributed by atoms with Gasteiger partial charge < -0.3 is 19.7 Å². The van der Waals surface area contributed by atoms with Gasteiger partial charge in [0.25, 0.3) is 5.91 Å². The lowest BCUT2D eigenvalue weighted by Crippen LogP contribution is -2.37. The van der Waals surface area contributed by atoms with Gasteiger partial charge in [0, 0.05) is 13.1 Å². The van der Waals surface area contributed by atoms with Crippen LogP contribution in [-0.4, -0.2) is 38.3 Å². The normalized spacial score (nSPS) is 15.2. The third-order valence-corrected chi connectivity index (χ3v) is 4.61. The summed E-state index contributed by atoms with van der Waals surface area (Å²) in [6, 6.07) is 11.6. The van der Waals surface area contributed by atoms with Crippen LogP contribution in [0.1, 0.15) is 18.1 Å². The molecule has 2 aromatic carbocycles. The maximum atomic E-state index is 13.2. The van der Waals surface area contributed by atoms with E-state index in [9.17, 15) is 18.0 Å². The zero-order valence-electron chi connectivity index (χ0n) is 16.2. The molecule has 1 fully saturated rings. The van der Waals surface area contributed by atoms with E-state index in [1.807, 2.05) is 11.0 Å². The van der Waals surface area contributed by atoms with Gasteiger partial charge in [-0.15, -0.1) is 0 Å². The monoisotopic (exact) mass is 419 g/mol. The summed E-state index contributed by atoms with van der Waals surface area (Å²) >= 11 is 0. The molecule has 1 saturated heterocycles. The van der Waals surface area contributed by atoms with Crippen molar-refractivity contribution in [2.24, 2.45) is 0 Å². The molecule has 3 rings (SSSR count). The van der Waals surface area contributed by atoms with Crippen LogP contribution in [0.15, 0.2) is 42.5 Å². The number of anilines is 2. The van der Waals surface area contributed by atoms with Gasteiger partial charge in [0.2, 0.25) is 0 Å². The Bertz CT molecular complexity index is 950. The molecule has 158 valence electrons. The van der Waals surface area contributed by atoms with Gasteiger partial charge in [-0.05, 0) is 37.3 Å². The molecule has 1 aliphatic heterocycles. The van der Waals surface area contributed by atoms with Gasteiger partial charge in [-0.3, -0.25) is 4.79 Å². The van der Waals surface area contributed by atoms with Crippen molar-refractivity contribution in [3.05, 3.63) is 53.6 Å². The highest BCUT2D eigenvalue weighted by Gasteiger charge is 2.32. The maximum absolute atomic E-state index is 13.2. The van der Waals surface area contributed by atoms with Gasteiger partial charge in [0.1, 0.15) is 11.8 Å². The quantitative estimate of drug-likeness (QED) is 0.798. The van der Waals surface area contributed by atoms with Gasteiger partial charge in [0.05, 0.1) is 35.7 Å². The number of halogens is 3. The van der Waals surface area contributed by atoms with Crippen molar-refractivity contribution in [1.82, 2.24) is 0 Å². The van der Waals surface area contributed by atoms with Crippen molar-refractivity contribution < 1.29 is 27.4 Å². The number of rotatable bonds is 5. The Kier molecular flexibility index (Phi) is 6.47. The Hall–Kier alpha value is -3.25. The van der Waals surface area contributed by atoms with Gasteiger partial charge in [-0.25, -0.2) is 0 Å². The zero-order chi connectivity index (χ0) is 21.7. The van der Waals surface area contributed by atoms with Crippen molar-refractivity contribution in [1.29, 1.82) is 5.26 Å². The van der Waals surface area contributed by atoms with Crippen molar-refractivity contribution >= 4 is 17.3 Å². The molecule has 1 amide bonds. The van der Waals surface area contributed by atoms with E-state index in [1.165, 1.54) is 13.0 Å². The number of nitriles is 1. The van der Waals surface area contributed by atoms with Gasteiger partial charge in [-0.1, -0.05) is 12.1 Å². The standard InChI is InChI=1S/C21H20F3N3O3/c1-14(30-19-5-3-2-4-15(19)13-25)20(28)26-17-12-16(21(22,23)24)6-7-18(17)27-8-10-29-11-9-27/h2-7,12,14H,8-11H2,1H3,(H,26,28)/t14-/m1/s1. The molecule has 0 bridgehead atoms. The van der Waals surface area contributed by atoms with Crippen LogP contribution in [0.5, 0.6) is 5.75 Å². The predicted molar refractivity (Wildman–Crippen MR) is 104 cm³/mol. The maximum Gasteiger partial charge on any atom is 0.416 e. The molecule has 2 aromatic rings. The smallest absolute Gasteiger partial charge is 0.416 e. The molecule has 6 nitrogen and oxygen atoms in total. The first-order valence-corrected chi connectivity index (χ1v) is 9.30. The van der Waals surface area contributed by atoms with Crippen molar-refractivity contribution in [3.8, 4) is 11.8 Å². The highest BCUT2D eigenvalue weighted by Crippen LogP contribution is 2.36. The molecule has 0 radical (unpaired) electrons. The first-order valence-electron chi connectivity index (χ1n) is 9.30. The summed E-state index contributed by atoms with van der Waals surface area (Å²) in [7, 11) is 0. The van der Waals surface area contributed by atoms with E-state index in [4.69, 9.17) is 14.7 Å². The second kappa shape index (κ2) is 9.05. The average molecular weight is 419 g/mol. The van der Waals surface area contributed by atoms with Gasteiger partial charge in [-0.2, -0.15) is 18.4 Å². The van der Waals surface area contributed by atoms with Crippen LogP contribution >= 0.6 is 0 Å². The fourth-order valence-corrected chi connectivity index (χ4v) is 3.03. The van der Waals surface area contributed by atoms with Crippen molar-refractivity contribution in [2.45, 2.75) is 19.2 Å². The van der Waals surface area contributed by atoms with Gasteiger partial charge >= 0.3 is 6.18 Å². The Morgan fingerprint density at radius 2 is 1.93 bits per heavy atom. The lowest BCUT2D eigenvalue weighted by atomic mass is 10.1. The predicted octanol–water partition coefficient (Wildman–Crippen LogP) is 3.82. The fourth-order valence-electron chi connectivity index (χ4n) is 3.03. The molecular formula is C21H20F3N3O3. The topological polar surface area (TPSA) is 74.6 Å². The van der Waals surface area contributed by atoms with Crippen LogP contribution in [0, 0.1) is 11.3 Å². The minimum Gasteiger partial charge on any atom is -0.480 e. The number of nitrogens with zero attached hydrogens (tertiary/aromatic N) is 2. The lowest BCUT2D eigenvalue weighted by Gasteiger charge is -2.31. The van der Waals surface area contributed by atoms with Crippen LogP contribution in [0.25, 0.3) is 0 Å². The third-order valence-electron chi connectivity index (χ3n) is 4.61. The molecule has 0 saturated carbocycles. The second-order valence-corrected chi connectivity index (χ2v) is 6.69. The average Bonchev–Trinajstić information content (AvgIpc) is 2.74. The van der Waals surface area contributed by atoms with Crippen LogP contribution in [0.2, 0.25) is 0 Å². The summed E-state index contributed by atoms with van der Waals surface area (Å²) in [5.41, 5.74) is -0.0894. The zero-order valence-corrected chi connectivity index (χ0v) is 16.2. The second-order valence-electron chi connectivity index (χ2n) is 6.69. The first-order chi connectivity index (χ1) is 14.3. The van der Waals surface area contributed by atoms with Crippen molar-refractivity contribution in [2.75, 3.05) is 36.5 Å². The molecule has 1 N–H and O–H groups in total. The summed E-state index contributed by atoms with van der Waals surface area (Å²) < 4.78 is 50.5. The molecular weight excluding hydrogens is 399 g/mol. The molecule has 0 spiro atoms. The molecule has 9 heteroatoms. The number of nitrogens with one attached hydrogen (secondary N) is 1. The molecule has 1 aliphatic rings. The van der Waals surface area contributed by atoms with Gasteiger partial charge in [0.15, 0.2) is 6.10 Å². The number of amides is 1. The Morgan fingerprint density at radius 1 is 1.23 bits per heavy atom. The summed E-state index contributed by atoms with van der Waals surface area (Å²) in [5.74, 6) is -0.406. The van der Waals surface area contributed by atoms with E-state index in [0.29, 0.717) is 32.0 Å². The number of hydrogen-bond acceptors (Lipinski definition) is 5. The number of carbonyl (C=O) groups is 1. The number of morpholine rings is 1. The van der Waals surface area contributed by atoms with Crippen molar-refractivity contribution in [3.63, 3.8) is 0 Å². The number of para-hydroxylation sites is 1. The molecule has 30 heavy (non-hydrogen) atoms. The molecule has 0 aromatic heterocycles. The number of benzene rings is 2. The Balaban J connectivity index is 1.83. The minimum atomic E-state index is -4.54. The summed E-state index contributed by atoms with van der Waals surface area (Å²) in [5, 5.41) is 11.7. The highest BCUT2D eigenvalue weighted by molar-refractivity contribution is 5.97. The van der Waals surface area contributed by atoms with Crippen LogP contribution < -0.4 is 15.0 Å². The summed E-state index contributed by atoms with van der Waals surface area (Å²) in [4.78, 5) is 14.5. The third kappa shape index (κ3) is 5.02. The van der Waals surface area contributed by atoms with E-state index in [1.54, 1.807) is 24.3 Å². The van der Waals surface area contributed by atoms with Crippen LogP contribution in [-0.2, 0) is 15.7 Å². The van der Waals surface area contributed by atoms with E-state index < -0.39 is 23.8 Å². The van der Waals surface area contributed by atoms with E-state index in [0.717, 1.165) is 12.1 Å². The number of hydrogen-bond donors (Lipinski definition) is 1. The van der Waals surface area contributed by atoms with E-state index in [2.05, 4.69) is 5.32 Å². The minimum absolute atomic E-state index is 0.0424. The number of ether oxygens (including phenoxy) is 2. The first kappa shape index (κ1) is 21.5. The Morgan fingerprint density at radius 3 is 2.60 bits per heavy atom.